The molecule has 0 saturated carbocycles. The van der Waals surface area contributed by atoms with E-state index in [2.05, 4.69) is 4.98 Å². The highest BCUT2D eigenvalue weighted by Crippen LogP contribution is 2.36. The molecule has 0 aliphatic carbocycles. The molecule has 6 heteroatoms. The summed E-state index contributed by atoms with van der Waals surface area (Å²) in [5, 5.41) is 0.164. The van der Waals surface area contributed by atoms with Crippen LogP contribution in [0, 0.1) is 0 Å². The molecule has 1 aliphatic rings. The first kappa shape index (κ1) is 8.12. The maximum atomic E-state index is 11.0. The quantitative estimate of drug-likeness (QED) is 0.719. The van der Waals surface area contributed by atoms with Crippen molar-refractivity contribution in [3.8, 4) is 11.6 Å². The van der Waals surface area contributed by atoms with E-state index in [-0.39, 0.29) is 29.0 Å². The highest BCUT2D eigenvalue weighted by molar-refractivity contribution is 6.34. The number of ether oxygens (including phenoxy) is 2. The molecular formula is C7H5ClN2O3. The predicted octanol–water partition coefficient (Wildman–Crippen LogP) is 0.563. The lowest BCUT2D eigenvalue weighted by Crippen LogP contribution is -2.12. The van der Waals surface area contributed by atoms with Gasteiger partial charge < -0.3 is 15.2 Å². The number of rotatable bonds is 1. The van der Waals surface area contributed by atoms with Crippen molar-refractivity contribution >= 4 is 17.5 Å². The van der Waals surface area contributed by atoms with Crippen molar-refractivity contribution in [2.24, 2.45) is 5.73 Å². The number of amides is 1. The Morgan fingerprint density at radius 1 is 1.62 bits per heavy atom. The average Bonchev–Trinajstić information content (AvgIpc) is 2.50. The lowest BCUT2D eigenvalue weighted by Gasteiger charge is -2.02. The zero-order valence-corrected chi connectivity index (χ0v) is 7.17. The fraction of sp³-hybridized carbons (Fsp3) is 0.143. The van der Waals surface area contributed by atoms with Crippen LogP contribution in [0.15, 0.2) is 6.20 Å². The van der Waals surface area contributed by atoms with E-state index in [4.69, 9.17) is 26.8 Å². The first-order chi connectivity index (χ1) is 6.20. The topological polar surface area (TPSA) is 74.4 Å². The molecule has 1 aromatic heterocycles. The van der Waals surface area contributed by atoms with E-state index in [1.165, 1.54) is 6.20 Å². The van der Waals surface area contributed by atoms with Gasteiger partial charge in [-0.3, -0.25) is 4.79 Å². The van der Waals surface area contributed by atoms with Crippen molar-refractivity contribution in [1.29, 1.82) is 0 Å². The van der Waals surface area contributed by atoms with E-state index in [1.807, 2.05) is 0 Å². The van der Waals surface area contributed by atoms with Crippen LogP contribution in [0.3, 0.4) is 0 Å². The van der Waals surface area contributed by atoms with Crippen molar-refractivity contribution in [2.45, 2.75) is 0 Å². The average molecular weight is 201 g/mol. The summed E-state index contributed by atoms with van der Waals surface area (Å²) in [6.07, 6.45) is 1.30. The number of nitrogens with zero attached hydrogens (tertiary/aromatic N) is 1. The van der Waals surface area contributed by atoms with Crippen molar-refractivity contribution < 1.29 is 14.3 Å². The monoisotopic (exact) mass is 200 g/mol. The van der Waals surface area contributed by atoms with E-state index >= 15 is 0 Å². The number of hydrogen-bond donors (Lipinski definition) is 1. The molecule has 0 fully saturated rings. The van der Waals surface area contributed by atoms with Crippen LogP contribution >= 0.6 is 11.6 Å². The number of primary amides is 1. The molecule has 0 spiro atoms. The highest BCUT2D eigenvalue weighted by atomic mass is 35.5. The summed E-state index contributed by atoms with van der Waals surface area (Å²) in [6.45, 7) is 0.0307. The molecule has 13 heavy (non-hydrogen) atoms. The van der Waals surface area contributed by atoms with Gasteiger partial charge in [-0.2, -0.15) is 0 Å². The van der Waals surface area contributed by atoms with Gasteiger partial charge in [-0.05, 0) is 0 Å². The SMILES string of the molecule is NC(=O)c1c(Cl)cnc2c1OCO2. The van der Waals surface area contributed by atoms with Gasteiger partial charge in [0.05, 0.1) is 11.2 Å². The second-order valence-electron chi connectivity index (χ2n) is 2.39. The van der Waals surface area contributed by atoms with Crippen LogP contribution in [0.5, 0.6) is 11.6 Å². The number of hydrogen-bond acceptors (Lipinski definition) is 4. The van der Waals surface area contributed by atoms with Crippen LogP contribution in [0.1, 0.15) is 10.4 Å². The van der Waals surface area contributed by atoms with Gasteiger partial charge in [-0.1, -0.05) is 11.6 Å². The number of halogens is 1. The Hall–Kier alpha value is -1.49. The predicted molar refractivity (Wildman–Crippen MR) is 43.9 cm³/mol. The Morgan fingerprint density at radius 2 is 2.38 bits per heavy atom. The Kier molecular flexibility index (Phi) is 1.73. The molecule has 0 unspecified atom stereocenters. The fourth-order valence-electron chi connectivity index (χ4n) is 1.06. The number of pyridine rings is 1. The Morgan fingerprint density at radius 3 is 3.08 bits per heavy atom. The summed E-state index contributed by atoms with van der Waals surface area (Å²) >= 11 is 5.70. The number of fused-ring (bicyclic) bond motifs is 1. The lowest BCUT2D eigenvalue weighted by molar-refractivity contribution is 0.0996. The lowest BCUT2D eigenvalue weighted by atomic mass is 10.2. The van der Waals surface area contributed by atoms with Gasteiger partial charge in [0.15, 0.2) is 5.75 Å². The standard InChI is InChI=1S/C7H5ClN2O3/c8-3-1-10-7-5(12-2-13-7)4(3)6(9)11/h1H,2H2,(H2,9,11). The molecule has 2 N–H and O–H groups in total. The summed E-state index contributed by atoms with van der Waals surface area (Å²) in [4.78, 5) is 14.8. The van der Waals surface area contributed by atoms with E-state index in [1.54, 1.807) is 0 Å². The maximum Gasteiger partial charge on any atom is 0.261 e. The van der Waals surface area contributed by atoms with Crippen LogP contribution < -0.4 is 15.2 Å². The molecule has 2 rings (SSSR count). The minimum absolute atomic E-state index is 0.0307. The Balaban J connectivity index is 2.65. The largest absolute Gasteiger partial charge is 0.451 e. The first-order valence-electron chi connectivity index (χ1n) is 3.44. The molecular weight excluding hydrogens is 196 g/mol. The number of aromatic nitrogens is 1. The second kappa shape index (κ2) is 2.77. The summed E-state index contributed by atoms with van der Waals surface area (Å²) in [5.41, 5.74) is 5.22. The number of carbonyl (C=O) groups is 1. The zero-order valence-electron chi connectivity index (χ0n) is 6.41. The van der Waals surface area contributed by atoms with Crippen LogP contribution in [-0.4, -0.2) is 17.7 Å². The van der Waals surface area contributed by atoms with Gasteiger partial charge >= 0.3 is 0 Å². The molecule has 68 valence electrons. The van der Waals surface area contributed by atoms with E-state index in [0.29, 0.717) is 0 Å². The van der Waals surface area contributed by atoms with Crippen molar-refractivity contribution in [3.63, 3.8) is 0 Å². The minimum Gasteiger partial charge on any atom is -0.451 e. The summed E-state index contributed by atoms with van der Waals surface area (Å²) in [7, 11) is 0. The van der Waals surface area contributed by atoms with Gasteiger partial charge in [0.1, 0.15) is 5.56 Å². The van der Waals surface area contributed by atoms with Crippen molar-refractivity contribution in [3.05, 3.63) is 16.8 Å². The normalized spacial score (nSPS) is 13.0. The molecule has 0 saturated heterocycles. The number of carbonyl (C=O) groups excluding carboxylic acids is 1. The third kappa shape index (κ3) is 1.17. The van der Waals surface area contributed by atoms with Crippen LogP contribution in [0.2, 0.25) is 5.02 Å². The Bertz CT molecular complexity index is 380. The summed E-state index contributed by atoms with van der Waals surface area (Å²) in [6, 6.07) is 0. The summed E-state index contributed by atoms with van der Waals surface area (Å²) in [5.74, 6) is -0.188. The van der Waals surface area contributed by atoms with Crippen molar-refractivity contribution in [1.82, 2.24) is 4.98 Å². The molecule has 0 aromatic carbocycles. The highest BCUT2D eigenvalue weighted by Gasteiger charge is 2.24. The van der Waals surface area contributed by atoms with Gasteiger partial charge in [0.25, 0.3) is 11.8 Å². The molecule has 2 heterocycles. The van der Waals surface area contributed by atoms with E-state index < -0.39 is 5.91 Å². The fourth-order valence-corrected chi connectivity index (χ4v) is 1.29. The Labute approximate surface area is 78.4 Å². The van der Waals surface area contributed by atoms with Gasteiger partial charge in [0.2, 0.25) is 6.79 Å². The summed E-state index contributed by atoms with van der Waals surface area (Å²) < 4.78 is 9.95. The van der Waals surface area contributed by atoms with E-state index in [9.17, 15) is 4.79 Å². The molecule has 0 radical (unpaired) electrons. The molecule has 1 amide bonds. The smallest absolute Gasteiger partial charge is 0.261 e. The molecule has 1 aliphatic heterocycles. The van der Waals surface area contributed by atoms with Crippen LogP contribution in [-0.2, 0) is 0 Å². The minimum atomic E-state index is -0.658. The molecule has 0 bridgehead atoms. The van der Waals surface area contributed by atoms with E-state index in [0.717, 1.165) is 0 Å². The third-order valence-corrected chi connectivity index (χ3v) is 1.89. The van der Waals surface area contributed by atoms with Crippen molar-refractivity contribution in [2.75, 3.05) is 6.79 Å². The molecule has 5 nitrogen and oxygen atoms in total. The van der Waals surface area contributed by atoms with Gasteiger partial charge in [0, 0.05) is 0 Å². The molecule has 1 aromatic rings. The maximum absolute atomic E-state index is 11.0. The van der Waals surface area contributed by atoms with Crippen LogP contribution in [0.4, 0.5) is 0 Å². The van der Waals surface area contributed by atoms with Crippen LogP contribution in [0.25, 0.3) is 0 Å². The molecule has 0 atom stereocenters. The zero-order chi connectivity index (χ0) is 9.42. The first-order valence-corrected chi connectivity index (χ1v) is 3.82. The second-order valence-corrected chi connectivity index (χ2v) is 2.79. The van der Waals surface area contributed by atoms with Gasteiger partial charge in [-0.25, -0.2) is 4.98 Å². The third-order valence-electron chi connectivity index (χ3n) is 1.60. The number of nitrogens with two attached hydrogens (primary N) is 1. The van der Waals surface area contributed by atoms with Gasteiger partial charge in [-0.15, -0.1) is 0 Å².